The van der Waals surface area contributed by atoms with Gasteiger partial charge in [0.2, 0.25) is 5.91 Å². The first-order valence-corrected chi connectivity index (χ1v) is 5.66. The van der Waals surface area contributed by atoms with Crippen LogP contribution in [0.1, 0.15) is 33.1 Å². The molecule has 2 N–H and O–H groups in total. The molecule has 0 bridgehead atoms. The zero-order valence-corrected chi connectivity index (χ0v) is 9.31. The standard InChI is InChI=1S/C11H22N2O/c1-9(2)6-11(14)13-8-10-4-3-5-12-7-10/h9-10,12H,3-8H2,1-2H3,(H,13,14). The predicted molar refractivity (Wildman–Crippen MR) is 58.1 cm³/mol. The maximum Gasteiger partial charge on any atom is 0.220 e. The largest absolute Gasteiger partial charge is 0.356 e. The van der Waals surface area contributed by atoms with Crippen LogP contribution >= 0.6 is 0 Å². The second kappa shape index (κ2) is 6.02. The van der Waals surface area contributed by atoms with Gasteiger partial charge in [0.05, 0.1) is 0 Å². The van der Waals surface area contributed by atoms with Crippen LogP contribution in [0.4, 0.5) is 0 Å². The van der Waals surface area contributed by atoms with Crippen molar-refractivity contribution in [1.29, 1.82) is 0 Å². The molecule has 0 saturated carbocycles. The molecular weight excluding hydrogens is 176 g/mol. The number of rotatable bonds is 4. The SMILES string of the molecule is CC(C)CC(=O)NCC1CCCNC1. The van der Waals surface area contributed by atoms with Gasteiger partial charge >= 0.3 is 0 Å². The van der Waals surface area contributed by atoms with Gasteiger partial charge in [-0.15, -0.1) is 0 Å². The smallest absolute Gasteiger partial charge is 0.220 e. The van der Waals surface area contributed by atoms with E-state index in [0.717, 1.165) is 19.6 Å². The molecule has 0 aliphatic carbocycles. The van der Waals surface area contributed by atoms with Gasteiger partial charge in [0, 0.05) is 13.0 Å². The number of carbonyl (C=O) groups excluding carboxylic acids is 1. The van der Waals surface area contributed by atoms with Crippen LogP contribution in [0.5, 0.6) is 0 Å². The Morgan fingerprint density at radius 2 is 2.36 bits per heavy atom. The number of hydrogen-bond acceptors (Lipinski definition) is 2. The van der Waals surface area contributed by atoms with Crippen molar-refractivity contribution in [2.45, 2.75) is 33.1 Å². The van der Waals surface area contributed by atoms with Gasteiger partial charge in [-0.05, 0) is 37.8 Å². The van der Waals surface area contributed by atoms with E-state index >= 15 is 0 Å². The first-order chi connectivity index (χ1) is 6.68. The monoisotopic (exact) mass is 198 g/mol. The Hall–Kier alpha value is -0.570. The Morgan fingerprint density at radius 1 is 1.57 bits per heavy atom. The fourth-order valence-electron chi connectivity index (χ4n) is 1.80. The fraction of sp³-hybridized carbons (Fsp3) is 0.909. The number of carbonyl (C=O) groups is 1. The highest BCUT2D eigenvalue weighted by Gasteiger charge is 2.13. The van der Waals surface area contributed by atoms with Gasteiger partial charge in [-0.3, -0.25) is 4.79 Å². The van der Waals surface area contributed by atoms with Gasteiger partial charge in [0.25, 0.3) is 0 Å². The summed E-state index contributed by atoms with van der Waals surface area (Å²) in [5.74, 6) is 1.30. The van der Waals surface area contributed by atoms with Crippen molar-refractivity contribution in [3.63, 3.8) is 0 Å². The third-order valence-corrected chi connectivity index (χ3v) is 2.58. The molecule has 0 radical (unpaired) electrons. The number of amides is 1. The summed E-state index contributed by atoms with van der Waals surface area (Å²) in [7, 11) is 0. The van der Waals surface area contributed by atoms with Crippen molar-refractivity contribution in [3.05, 3.63) is 0 Å². The molecule has 14 heavy (non-hydrogen) atoms. The molecule has 1 heterocycles. The van der Waals surface area contributed by atoms with Crippen molar-refractivity contribution in [2.24, 2.45) is 11.8 Å². The third kappa shape index (κ3) is 4.61. The van der Waals surface area contributed by atoms with E-state index in [1.165, 1.54) is 12.8 Å². The van der Waals surface area contributed by atoms with Crippen LogP contribution in [0.2, 0.25) is 0 Å². The Balaban J connectivity index is 2.09. The second-order valence-electron chi connectivity index (χ2n) is 4.61. The van der Waals surface area contributed by atoms with E-state index < -0.39 is 0 Å². The summed E-state index contributed by atoms with van der Waals surface area (Å²) in [4.78, 5) is 11.4. The molecule has 0 aromatic heterocycles. The molecule has 1 saturated heterocycles. The molecule has 1 aliphatic heterocycles. The second-order valence-corrected chi connectivity index (χ2v) is 4.61. The first-order valence-electron chi connectivity index (χ1n) is 5.66. The van der Waals surface area contributed by atoms with Gasteiger partial charge in [-0.1, -0.05) is 13.8 Å². The molecule has 3 nitrogen and oxygen atoms in total. The average Bonchev–Trinajstić information content (AvgIpc) is 2.15. The van der Waals surface area contributed by atoms with E-state index in [0.29, 0.717) is 18.3 Å². The van der Waals surface area contributed by atoms with Gasteiger partial charge in [0.1, 0.15) is 0 Å². The van der Waals surface area contributed by atoms with Crippen LogP contribution in [-0.2, 0) is 4.79 Å². The van der Waals surface area contributed by atoms with Crippen molar-refractivity contribution in [2.75, 3.05) is 19.6 Å². The van der Waals surface area contributed by atoms with E-state index in [-0.39, 0.29) is 5.91 Å². The lowest BCUT2D eigenvalue weighted by atomic mass is 9.99. The Morgan fingerprint density at radius 3 is 2.93 bits per heavy atom. The van der Waals surface area contributed by atoms with E-state index in [9.17, 15) is 4.79 Å². The number of hydrogen-bond donors (Lipinski definition) is 2. The third-order valence-electron chi connectivity index (χ3n) is 2.58. The highest BCUT2D eigenvalue weighted by atomic mass is 16.1. The van der Waals surface area contributed by atoms with Gasteiger partial charge in [-0.2, -0.15) is 0 Å². The van der Waals surface area contributed by atoms with E-state index in [1.807, 2.05) is 0 Å². The first kappa shape index (κ1) is 11.5. The zero-order chi connectivity index (χ0) is 10.4. The van der Waals surface area contributed by atoms with Crippen LogP contribution < -0.4 is 10.6 Å². The van der Waals surface area contributed by atoms with Crippen molar-refractivity contribution in [1.82, 2.24) is 10.6 Å². The van der Waals surface area contributed by atoms with Crippen molar-refractivity contribution in [3.8, 4) is 0 Å². The topological polar surface area (TPSA) is 41.1 Å². The molecule has 0 spiro atoms. The summed E-state index contributed by atoms with van der Waals surface area (Å²) in [6, 6.07) is 0. The summed E-state index contributed by atoms with van der Waals surface area (Å²) in [5, 5.41) is 6.35. The molecule has 1 fully saturated rings. The van der Waals surface area contributed by atoms with Crippen LogP contribution in [-0.4, -0.2) is 25.5 Å². The minimum atomic E-state index is 0.200. The lowest BCUT2D eigenvalue weighted by Gasteiger charge is -2.23. The number of piperidine rings is 1. The van der Waals surface area contributed by atoms with E-state index in [2.05, 4.69) is 24.5 Å². The molecule has 3 heteroatoms. The lowest BCUT2D eigenvalue weighted by Crippen LogP contribution is -2.38. The normalized spacial score (nSPS) is 22.4. The average molecular weight is 198 g/mol. The van der Waals surface area contributed by atoms with E-state index in [4.69, 9.17) is 0 Å². The molecule has 0 aromatic carbocycles. The highest BCUT2D eigenvalue weighted by Crippen LogP contribution is 2.08. The van der Waals surface area contributed by atoms with E-state index in [1.54, 1.807) is 0 Å². The van der Waals surface area contributed by atoms with Crippen molar-refractivity contribution >= 4 is 5.91 Å². The molecule has 1 amide bonds. The van der Waals surface area contributed by atoms with Crippen molar-refractivity contribution < 1.29 is 4.79 Å². The molecule has 82 valence electrons. The maximum absolute atomic E-state index is 11.4. The minimum Gasteiger partial charge on any atom is -0.356 e. The molecule has 1 atom stereocenters. The maximum atomic E-state index is 11.4. The van der Waals surface area contributed by atoms with Gasteiger partial charge in [-0.25, -0.2) is 0 Å². The van der Waals surface area contributed by atoms with Gasteiger partial charge in [0.15, 0.2) is 0 Å². The van der Waals surface area contributed by atoms with Crippen LogP contribution in [0, 0.1) is 11.8 Å². The summed E-state index contributed by atoms with van der Waals surface area (Å²) < 4.78 is 0. The lowest BCUT2D eigenvalue weighted by molar-refractivity contribution is -0.122. The fourth-order valence-corrected chi connectivity index (χ4v) is 1.80. The minimum absolute atomic E-state index is 0.200. The molecule has 1 aliphatic rings. The Kier molecular flexibility index (Phi) is 4.94. The molecule has 0 aromatic rings. The molecule has 1 rings (SSSR count). The van der Waals surface area contributed by atoms with Crippen LogP contribution in [0.25, 0.3) is 0 Å². The summed E-state index contributed by atoms with van der Waals surface area (Å²) in [6.45, 7) is 7.18. The Bertz CT molecular complexity index is 174. The van der Waals surface area contributed by atoms with Crippen LogP contribution in [0.3, 0.4) is 0 Å². The quantitative estimate of drug-likeness (QED) is 0.711. The summed E-state index contributed by atoms with van der Waals surface area (Å²) in [6.07, 6.45) is 3.14. The molecule has 1 unspecified atom stereocenters. The highest BCUT2D eigenvalue weighted by molar-refractivity contribution is 5.76. The predicted octanol–water partition coefficient (Wildman–Crippen LogP) is 1.15. The molecular formula is C11H22N2O. The van der Waals surface area contributed by atoms with Crippen LogP contribution in [0.15, 0.2) is 0 Å². The number of nitrogens with one attached hydrogen (secondary N) is 2. The zero-order valence-electron chi connectivity index (χ0n) is 9.31. The summed E-state index contributed by atoms with van der Waals surface area (Å²) >= 11 is 0. The Labute approximate surface area is 86.6 Å². The summed E-state index contributed by atoms with van der Waals surface area (Å²) in [5.41, 5.74) is 0. The van der Waals surface area contributed by atoms with Gasteiger partial charge < -0.3 is 10.6 Å².